The van der Waals surface area contributed by atoms with Crippen LogP contribution in [0.1, 0.15) is 0 Å². The normalized spacial score (nSPS) is 11.1. The molecule has 0 aliphatic rings. The van der Waals surface area contributed by atoms with Crippen LogP contribution < -0.4 is 4.74 Å². The third kappa shape index (κ3) is 3.55. The zero-order chi connectivity index (χ0) is 16.2. The van der Waals surface area contributed by atoms with Crippen LogP contribution >= 0.6 is 11.3 Å². The first kappa shape index (κ1) is 15.6. The summed E-state index contributed by atoms with van der Waals surface area (Å²) in [7, 11) is 3.97. The molecular weight excluding hydrogens is 310 g/mol. The summed E-state index contributed by atoms with van der Waals surface area (Å²) in [5, 5.41) is 3.87. The van der Waals surface area contributed by atoms with E-state index in [1.54, 1.807) is 23.5 Å². The molecule has 0 N–H and O–H groups in total. The predicted molar refractivity (Wildman–Crippen MR) is 94.6 cm³/mol. The molecule has 2 aromatic carbocycles. The number of nitroso groups, excluding NO2 is 1. The average molecular weight is 327 g/mol. The van der Waals surface area contributed by atoms with Gasteiger partial charge in [-0.25, -0.2) is 4.98 Å². The SMILES string of the molecule is CN(C)CCOc1cc(N=O)ccc1-c1nc2ccccc2s1. The Bertz CT molecular complexity index is 797. The van der Waals surface area contributed by atoms with Gasteiger partial charge in [-0.05, 0) is 43.5 Å². The monoisotopic (exact) mass is 327 g/mol. The topological polar surface area (TPSA) is 54.8 Å². The van der Waals surface area contributed by atoms with Gasteiger partial charge in [-0.3, -0.25) is 0 Å². The molecule has 3 rings (SSSR count). The van der Waals surface area contributed by atoms with E-state index in [1.165, 1.54) is 0 Å². The molecule has 0 bridgehead atoms. The van der Waals surface area contributed by atoms with E-state index >= 15 is 0 Å². The largest absolute Gasteiger partial charge is 0.491 e. The van der Waals surface area contributed by atoms with Gasteiger partial charge in [0.2, 0.25) is 0 Å². The smallest absolute Gasteiger partial charge is 0.131 e. The molecule has 1 heterocycles. The van der Waals surface area contributed by atoms with E-state index in [2.05, 4.69) is 10.2 Å². The molecule has 118 valence electrons. The highest BCUT2D eigenvalue weighted by Gasteiger charge is 2.13. The van der Waals surface area contributed by atoms with Crippen molar-refractivity contribution in [3.63, 3.8) is 0 Å². The van der Waals surface area contributed by atoms with Gasteiger partial charge in [0.05, 0.1) is 15.8 Å². The summed E-state index contributed by atoms with van der Waals surface area (Å²) in [5.74, 6) is 0.642. The summed E-state index contributed by atoms with van der Waals surface area (Å²) in [6.07, 6.45) is 0. The van der Waals surface area contributed by atoms with Crippen molar-refractivity contribution < 1.29 is 4.74 Å². The number of thiazole rings is 1. The molecule has 0 aliphatic heterocycles. The van der Waals surface area contributed by atoms with E-state index in [-0.39, 0.29) is 0 Å². The lowest BCUT2D eigenvalue weighted by molar-refractivity contribution is 0.262. The second kappa shape index (κ2) is 6.85. The third-order valence-corrected chi connectivity index (χ3v) is 4.46. The first-order valence-corrected chi connectivity index (χ1v) is 8.10. The van der Waals surface area contributed by atoms with Gasteiger partial charge in [0.1, 0.15) is 23.1 Å². The van der Waals surface area contributed by atoms with Crippen molar-refractivity contribution in [3.05, 3.63) is 47.4 Å². The van der Waals surface area contributed by atoms with Crippen LogP contribution in [-0.4, -0.2) is 37.1 Å². The summed E-state index contributed by atoms with van der Waals surface area (Å²) in [5.41, 5.74) is 2.21. The number of hydrogen-bond donors (Lipinski definition) is 0. The lowest BCUT2D eigenvalue weighted by Gasteiger charge is -2.13. The molecule has 1 aromatic heterocycles. The van der Waals surface area contributed by atoms with Crippen molar-refractivity contribution in [3.8, 4) is 16.3 Å². The summed E-state index contributed by atoms with van der Waals surface area (Å²) in [6, 6.07) is 13.2. The molecule has 0 spiro atoms. The van der Waals surface area contributed by atoms with Crippen LogP contribution in [0, 0.1) is 4.91 Å². The zero-order valence-electron chi connectivity index (χ0n) is 13.0. The highest BCUT2D eigenvalue weighted by Crippen LogP contribution is 2.37. The minimum Gasteiger partial charge on any atom is -0.491 e. The predicted octanol–water partition coefficient (Wildman–Crippen LogP) is 4.30. The Hall–Kier alpha value is -2.31. The molecule has 0 aliphatic carbocycles. The molecule has 0 saturated carbocycles. The number of likely N-dealkylation sites (N-methyl/N-ethyl adjacent to an activating group) is 1. The minimum atomic E-state index is 0.356. The van der Waals surface area contributed by atoms with Crippen LogP contribution in [0.15, 0.2) is 47.6 Å². The Morgan fingerprint density at radius 3 is 2.78 bits per heavy atom. The Morgan fingerprint density at radius 2 is 2.04 bits per heavy atom. The van der Waals surface area contributed by atoms with Gasteiger partial charge in [0, 0.05) is 12.6 Å². The van der Waals surface area contributed by atoms with E-state index in [1.807, 2.05) is 49.3 Å². The van der Waals surface area contributed by atoms with Crippen molar-refractivity contribution in [2.75, 3.05) is 27.2 Å². The highest BCUT2D eigenvalue weighted by molar-refractivity contribution is 7.21. The van der Waals surface area contributed by atoms with E-state index in [4.69, 9.17) is 4.74 Å². The van der Waals surface area contributed by atoms with E-state index in [0.717, 1.165) is 27.3 Å². The Balaban J connectivity index is 1.97. The van der Waals surface area contributed by atoms with Gasteiger partial charge >= 0.3 is 0 Å². The van der Waals surface area contributed by atoms with Crippen molar-refractivity contribution in [1.29, 1.82) is 0 Å². The summed E-state index contributed by atoms with van der Waals surface area (Å²) >= 11 is 1.61. The molecular formula is C17H17N3O2S. The first-order valence-electron chi connectivity index (χ1n) is 7.28. The molecule has 0 unspecified atom stereocenters. The molecule has 23 heavy (non-hydrogen) atoms. The fourth-order valence-electron chi connectivity index (χ4n) is 2.19. The second-order valence-corrected chi connectivity index (χ2v) is 6.44. The molecule has 0 amide bonds. The van der Waals surface area contributed by atoms with Crippen LogP contribution in [0.25, 0.3) is 20.8 Å². The first-order chi connectivity index (χ1) is 11.2. The summed E-state index contributed by atoms with van der Waals surface area (Å²) in [4.78, 5) is 17.5. The summed E-state index contributed by atoms with van der Waals surface area (Å²) < 4.78 is 6.99. The number of benzene rings is 2. The standard InChI is InChI=1S/C17H17N3O2S/c1-20(2)9-10-22-15-11-12(19-21)7-8-13(15)17-18-14-5-3-4-6-16(14)23-17/h3-8,11H,9-10H2,1-2H3. The summed E-state index contributed by atoms with van der Waals surface area (Å²) in [6.45, 7) is 1.32. The third-order valence-electron chi connectivity index (χ3n) is 3.39. The van der Waals surface area contributed by atoms with Crippen molar-refractivity contribution in [2.24, 2.45) is 5.18 Å². The van der Waals surface area contributed by atoms with E-state index < -0.39 is 0 Å². The second-order valence-electron chi connectivity index (χ2n) is 5.41. The maximum atomic E-state index is 10.8. The molecule has 0 radical (unpaired) electrons. The Kier molecular flexibility index (Phi) is 4.64. The van der Waals surface area contributed by atoms with Crippen LogP contribution in [0.2, 0.25) is 0 Å². The Labute approximate surface area is 138 Å². The highest BCUT2D eigenvalue weighted by atomic mass is 32.1. The van der Waals surface area contributed by atoms with Gasteiger partial charge in [-0.2, -0.15) is 0 Å². The molecule has 0 saturated heterocycles. The number of hydrogen-bond acceptors (Lipinski definition) is 6. The number of rotatable bonds is 6. The van der Waals surface area contributed by atoms with Gasteiger partial charge in [-0.15, -0.1) is 16.2 Å². The Morgan fingerprint density at radius 1 is 1.22 bits per heavy atom. The molecule has 3 aromatic rings. The number of nitrogens with zero attached hydrogens (tertiary/aromatic N) is 3. The number of fused-ring (bicyclic) bond motifs is 1. The number of ether oxygens (including phenoxy) is 1. The van der Waals surface area contributed by atoms with Gasteiger partial charge < -0.3 is 9.64 Å². The fourth-order valence-corrected chi connectivity index (χ4v) is 3.19. The number of aromatic nitrogens is 1. The van der Waals surface area contributed by atoms with Crippen molar-refractivity contribution >= 4 is 27.2 Å². The van der Waals surface area contributed by atoms with Crippen LogP contribution in [-0.2, 0) is 0 Å². The van der Waals surface area contributed by atoms with Gasteiger partial charge in [0.25, 0.3) is 0 Å². The molecule has 5 nitrogen and oxygen atoms in total. The minimum absolute atomic E-state index is 0.356. The molecule has 0 fully saturated rings. The maximum Gasteiger partial charge on any atom is 0.131 e. The quantitative estimate of drug-likeness (QED) is 0.633. The average Bonchev–Trinajstić information content (AvgIpc) is 2.98. The molecule has 0 atom stereocenters. The van der Waals surface area contributed by atoms with Crippen LogP contribution in [0.4, 0.5) is 5.69 Å². The van der Waals surface area contributed by atoms with E-state index in [0.29, 0.717) is 18.0 Å². The van der Waals surface area contributed by atoms with Crippen LogP contribution in [0.3, 0.4) is 0 Å². The van der Waals surface area contributed by atoms with Crippen molar-refractivity contribution in [1.82, 2.24) is 9.88 Å². The zero-order valence-corrected chi connectivity index (χ0v) is 13.8. The van der Waals surface area contributed by atoms with Gasteiger partial charge in [-0.1, -0.05) is 12.1 Å². The number of para-hydroxylation sites is 1. The fraction of sp³-hybridized carbons (Fsp3) is 0.235. The van der Waals surface area contributed by atoms with Crippen LogP contribution in [0.5, 0.6) is 5.75 Å². The lowest BCUT2D eigenvalue weighted by Crippen LogP contribution is -2.19. The van der Waals surface area contributed by atoms with Gasteiger partial charge in [0.15, 0.2) is 0 Å². The lowest BCUT2D eigenvalue weighted by atomic mass is 10.2. The molecule has 6 heteroatoms. The van der Waals surface area contributed by atoms with E-state index in [9.17, 15) is 4.91 Å². The maximum absolute atomic E-state index is 10.8. The van der Waals surface area contributed by atoms with Crippen molar-refractivity contribution in [2.45, 2.75) is 0 Å².